The fourth-order valence-electron chi connectivity index (χ4n) is 0.959. The molecule has 0 spiro atoms. The van der Waals surface area contributed by atoms with Gasteiger partial charge in [-0.3, -0.25) is 0 Å². The van der Waals surface area contributed by atoms with Crippen molar-refractivity contribution in [2.24, 2.45) is 0 Å². The summed E-state index contributed by atoms with van der Waals surface area (Å²) < 4.78 is 37.2. The lowest BCUT2D eigenvalue weighted by Gasteiger charge is -2.11. The molecule has 0 radical (unpaired) electrons. The Morgan fingerprint density at radius 1 is 1.31 bits per heavy atom. The van der Waals surface area contributed by atoms with Crippen LogP contribution >= 0.6 is 27.5 Å². The second kappa shape index (κ2) is 3.50. The van der Waals surface area contributed by atoms with Crippen LogP contribution in [-0.2, 0) is 6.18 Å². The van der Waals surface area contributed by atoms with E-state index >= 15 is 0 Å². The highest BCUT2D eigenvalue weighted by Gasteiger charge is 2.33. The normalized spacial score (nSPS) is 11.8. The van der Waals surface area contributed by atoms with Gasteiger partial charge >= 0.3 is 6.18 Å². The van der Waals surface area contributed by atoms with Crippen molar-refractivity contribution in [1.82, 2.24) is 0 Å². The third kappa shape index (κ3) is 2.17. The van der Waals surface area contributed by atoms with Gasteiger partial charge in [-0.2, -0.15) is 13.2 Å². The van der Waals surface area contributed by atoms with E-state index in [0.717, 1.165) is 6.07 Å². The molecule has 0 aliphatic rings. The zero-order valence-electron chi connectivity index (χ0n) is 6.54. The van der Waals surface area contributed by atoms with Crippen LogP contribution in [0.3, 0.4) is 0 Å². The van der Waals surface area contributed by atoms with Crippen LogP contribution < -0.4 is 0 Å². The third-order valence-electron chi connectivity index (χ3n) is 1.64. The number of hydrogen-bond acceptors (Lipinski definition) is 0. The number of halogens is 5. The van der Waals surface area contributed by atoms with Crippen molar-refractivity contribution in [1.29, 1.82) is 0 Å². The average Bonchev–Trinajstić information content (AvgIpc) is 1.98. The van der Waals surface area contributed by atoms with Crippen molar-refractivity contribution in [3.05, 3.63) is 32.8 Å². The molecule has 1 aromatic rings. The molecular weight excluding hydrogens is 268 g/mol. The standard InChI is InChI=1S/C8H5BrClF3/c1-4-5(8(11,12)13)2-3-6(10)7(4)9/h2-3H,1H3. The quantitative estimate of drug-likeness (QED) is 0.656. The molecule has 1 aromatic carbocycles. The van der Waals surface area contributed by atoms with Gasteiger partial charge < -0.3 is 0 Å². The van der Waals surface area contributed by atoms with Crippen molar-refractivity contribution in [3.63, 3.8) is 0 Å². The Morgan fingerprint density at radius 2 is 1.85 bits per heavy atom. The fourth-order valence-corrected chi connectivity index (χ4v) is 1.51. The van der Waals surface area contributed by atoms with Crippen molar-refractivity contribution in [3.8, 4) is 0 Å². The van der Waals surface area contributed by atoms with Gasteiger partial charge in [-0.05, 0) is 40.5 Å². The van der Waals surface area contributed by atoms with Crippen LogP contribution in [0.5, 0.6) is 0 Å². The molecule has 5 heteroatoms. The minimum atomic E-state index is -4.32. The van der Waals surface area contributed by atoms with Gasteiger partial charge in [0.2, 0.25) is 0 Å². The molecule has 0 fully saturated rings. The van der Waals surface area contributed by atoms with Crippen molar-refractivity contribution >= 4 is 27.5 Å². The van der Waals surface area contributed by atoms with Crippen LogP contribution in [0.2, 0.25) is 5.02 Å². The first-order valence-corrected chi connectivity index (χ1v) is 4.53. The van der Waals surface area contributed by atoms with Gasteiger partial charge in [-0.15, -0.1) is 0 Å². The van der Waals surface area contributed by atoms with E-state index in [-0.39, 0.29) is 10.6 Å². The maximum absolute atomic E-state index is 12.3. The van der Waals surface area contributed by atoms with Gasteiger partial charge in [-0.1, -0.05) is 11.6 Å². The highest BCUT2D eigenvalue weighted by molar-refractivity contribution is 9.10. The molecule has 0 amide bonds. The number of rotatable bonds is 0. The fraction of sp³-hybridized carbons (Fsp3) is 0.250. The first kappa shape index (κ1) is 10.9. The topological polar surface area (TPSA) is 0 Å². The first-order valence-electron chi connectivity index (χ1n) is 3.36. The molecule has 0 atom stereocenters. The van der Waals surface area contributed by atoms with Crippen molar-refractivity contribution < 1.29 is 13.2 Å². The van der Waals surface area contributed by atoms with E-state index in [4.69, 9.17) is 11.6 Å². The highest BCUT2D eigenvalue weighted by atomic mass is 79.9. The van der Waals surface area contributed by atoms with Gasteiger partial charge in [-0.25, -0.2) is 0 Å². The summed E-state index contributed by atoms with van der Waals surface area (Å²) in [5.41, 5.74) is -0.552. The number of alkyl halides is 3. The zero-order chi connectivity index (χ0) is 10.2. The predicted molar refractivity (Wildman–Crippen MR) is 48.9 cm³/mol. The van der Waals surface area contributed by atoms with Gasteiger partial charge in [0.1, 0.15) is 0 Å². The molecule has 0 aliphatic carbocycles. The van der Waals surface area contributed by atoms with E-state index in [0.29, 0.717) is 4.47 Å². The molecular formula is C8H5BrClF3. The SMILES string of the molecule is Cc1c(C(F)(F)F)ccc(Cl)c1Br. The lowest BCUT2D eigenvalue weighted by atomic mass is 10.1. The Hall–Kier alpha value is -0.220. The molecule has 1 rings (SSSR count). The summed E-state index contributed by atoms with van der Waals surface area (Å²) in [7, 11) is 0. The number of hydrogen-bond donors (Lipinski definition) is 0. The monoisotopic (exact) mass is 272 g/mol. The van der Waals surface area contributed by atoms with Crippen LogP contribution in [0.15, 0.2) is 16.6 Å². The van der Waals surface area contributed by atoms with Gasteiger partial charge in [0.25, 0.3) is 0 Å². The smallest absolute Gasteiger partial charge is 0.166 e. The zero-order valence-corrected chi connectivity index (χ0v) is 8.89. The second-order valence-corrected chi connectivity index (χ2v) is 3.73. The summed E-state index contributed by atoms with van der Waals surface area (Å²) in [5, 5.41) is 0.283. The van der Waals surface area contributed by atoms with E-state index in [1.54, 1.807) is 0 Å². The third-order valence-corrected chi connectivity index (χ3v) is 3.21. The van der Waals surface area contributed by atoms with Crippen molar-refractivity contribution in [2.75, 3.05) is 0 Å². The predicted octanol–water partition coefficient (Wildman–Crippen LogP) is 4.43. The summed E-state index contributed by atoms with van der Waals surface area (Å²) in [6.07, 6.45) is -4.32. The molecule has 0 unspecified atom stereocenters. The van der Waals surface area contributed by atoms with E-state index in [1.165, 1.54) is 13.0 Å². The Morgan fingerprint density at radius 3 is 2.31 bits per heavy atom. The van der Waals surface area contributed by atoms with E-state index in [2.05, 4.69) is 15.9 Å². The molecule has 0 saturated carbocycles. The van der Waals surface area contributed by atoms with Gasteiger partial charge in [0.05, 0.1) is 10.6 Å². The molecule has 0 saturated heterocycles. The maximum Gasteiger partial charge on any atom is 0.416 e. The van der Waals surface area contributed by atoms with Gasteiger partial charge in [0.15, 0.2) is 0 Å². The van der Waals surface area contributed by atoms with Crippen LogP contribution in [0.1, 0.15) is 11.1 Å². The molecule has 0 aliphatic heterocycles. The molecule has 0 heterocycles. The molecule has 0 N–H and O–H groups in total. The first-order chi connectivity index (χ1) is 5.84. The van der Waals surface area contributed by atoms with Crippen LogP contribution in [0.25, 0.3) is 0 Å². The minimum Gasteiger partial charge on any atom is -0.166 e. The lowest BCUT2D eigenvalue weighted by molar-refractivity contribution is -0.138. The van der Waals surface area contributed by atoms with E-state index in [9.17, 15) is 13.2 Å². The van der Waals surface area contributed by atoms with Crippen LogP contribution in [-0.4, -0.2) is 0 Å². The van der Waals surface area contributed by atoms with E-state index < -0.39 is 11.7 Å². The molecule has 13 heavy (non-hydrogen) atoms. The van der Waals surface area contributed by atoms with Gasteiger partial charge in [0, 0.05) is 4.47 Å². The Bertz CT molecular complexity index is 333. The summed E-state index contributed by atoms with van der Waals surface area (Å²) >= 11 is 8.61. The highest BCUT2D eigenvalue weighted by Crippen LogP contribution is 2.37. The summed E-state index contributed by atoms with van der Waals surface area (Å²) in [4.78, 5) is 0. The largest absolute Gasteiger partial charge is 0.416 e. The Balaban J connectivity index is 3.35. The Kier molecular flexibility index (Phi) is 2.92. The summed E-state index contributed by atoms with van der Waals surface area (Å²) in [6, 6.07) is 2.20. The maximum atomic E-state index is 12.3. The van der Waals surface area contributed by atoms with Crippen LogP contribution in [0, 0.1) is 6.92 Å². The minimum absolute atomic E-state index is 0.111. The number of benzene rings is 1. The molecule has 0 nitrogen and oxygen atoms in total. The van der Waals surface area contributed by atoms with Crippen LogP contribution in [0.4, 0.5) is 13.2 Å². The average molecular weight is 273 g/mol. The lowest BCUT2D eigenvalue weighted by Crippen LogP contribution is -2.07. The second-order valence-electron chi connectivity index (χ2n) is 2.53. The van der Waals surface area contributed by atoms with E-state index in [1.807, 2.05) is 0 Å². The summed E-state index contributed by atoms with van der Waals surface area (Å²) in [5.74, 6) is 0. The van der Waals surface area contributed by atoms with Crippen molar-refractivity contribution in [2.45, 2.75) is 13.1 Å². The molecule has 0 bridgehead atoms. The molecule has 72 valence electrons. The Labute approximate surface area is 86.8 Å². The molecule has 0 aromatic heterocycles. The summed E-state index contributed by atoms with van der Waals surface area (Å²) in [6.45, 7) is 1.37.